The molecule has 0 heterocycles. The van der Waals surface area contributed by atoms with Gasteiger partial charge in [0.15, 0.2) is 12.4 Å². The lowest BCUT2D eigenvalue weighted by Gasteiger charge is -2.09. The van der Waals surface area contributed by atoms with Gasteiger partial charge < -0.3 is 15.4 Å². The Labute approximate surface area is 175 Å². The predicted octanol–water partition coefficient (Wildman–Crippen LogP) is 3.80. The minimum absolute atomic E-state index is 0.0353. The van der Waals surface area contributed by atoms with E-state index in [0.717, 1.165) is 11.1 Å². The van der Waals surface area contributed by atoms with Crippen LogP contribution in [0.5, 0.6) is 0 Å². The molecule has 2 aromatic carbocycles. The molecule has 0 fully saturated rings. The third-order valence-electron chi connectivity index (χ3n) is 4.51. The summed E-state index contributed by atoms with van der Waals surface area (Å²) >= 11 is 0. The summed E-state index contributed by atoms with van der Waals surface area (Å²) in [4.78, 5) is 46.8. The molecule has 2 aromatic rings. The second-order valence-electron chi connectivity index (χ2n) is 7.04. The highest BCUT2D eigenvalue weighted by molar-refractivity contribution is 5.96. The molecule has 0 spiro atoms. The number of amides is 2. The van der Waals surface area contributed by atoms with Crippen LogP contribution in [0.25, 0.3) is 0 Å². The van der Waals surface area contributed by atoms with E-state index in [1.54, 1.807) is 30.3 Å². The fourth-order valence-electron chi connectivity index (χ4n) is 2.64. The van der Waals surface area contributed by atoms with E-state index in [4.69, 9.17) is 4.74 Å². The molecule has 0 aliphatic heterocycles. The third kappa shape index (κ3) is 7.50. The van der Waals surface area contributed by atoms with E-state index < -0.39 is 11.9 Å². The molecule has 0 atom stereocenters. The van der Waals surface area contributed by atoms with Crippen LogP contribution < -0.4 is 10.6 Å². The number of nitrogens with one attached hydrogen (secondary N) is 2. The van der Waals surface area contributed by atoms with Gasteiger partial charge in [0, 0.05) is 29.8 Å². The minimum Gasteiger partial charge on any atom is -0.456 e. The van der Waals surface area contributed by atoms with Crippen LogP contribution in [0.15, 0.2) is 42.5 Å². The Balaban J connectivity index is 1.65. The second-order valence-corrected chi connectivity index (χ2v) is 7.04. The standard InChI is InChI=1S/C23H26N2O5/c1-15-7-10-20(13-16(15)2)25-22(28)14-30-23(29)6-4-5-21(27)24-19-11-8-18(9-12-19)17(3)26/h7-13H,4-6,14H2,1-3H3,(H,24,27)(H,25,28). The first kappa shape index (κ1) is 22.8. The summed E-state index contributed by atoms with van der Waals surface area (Å²) in [5.74, 6) is -1.25. The van der Waals surface area contributed by atoms with Gasteiger partial charge in [-0.1, -0.05) is 6.07 Å². The molecule has 0 unspecified atom stereocenters. The van der Waals surface area contributed by atoms with Gasteiger partial charge >= 0.3 is 5.97 Å². The summed E-state index contributed by atoms with van der Waals surface area (Å²) in [6, 6.07) is 12.1. The molecule has 2 amide bonds. The molecular formula is C23H26N2O5. The molecule has 0 radical (unpaired) electrons. The van der Waals surface area contributed by atoms with Crippen LogP contribution in [-0.4, -0.2) is 30.2 Å². The lowest BCUT2D eigenvalue weighted by atomic mass is 10.1. The molecule has 0 saturated carbocycles. The number of hydrogen-bond acceptors (Lipinski definition) is 5. The normalized spacial score (nSPS) is 10.2. The summed E-state index contributed by atoms with van der Waals surface area (Å²) in [5.41, 5.74) is 3.97. The third-order valence-corrected chi connectivity index (χ3v) is 4.51. The molecule has 0 saturated heterocycles. The fraction of sp³-hybridized carbons (Fsp3) is 0.304. The molecular weight excluding hydrogens is 384 g/mol. The lowest BCUT2D eigenvalue weighted by Crippen LogP contribution is -2.21. The molecule has 0 bridgehead atoms. The van der Waals surface area contributed by atoms with Crippen LogP contribution in [0, 0.1) is 13.8 Å². The lowest BCUT2D eigenvalue weighted by molar-refractivity contribution is -0.147. The molecule has 7 heteroatoms. The summed E-state index contributed by atoms with van der Waals surface area (Å²) < 4.78 is 4.95. The Kier molecular flexibility index (Phi) is 8.29. The summed E-state index contributed by atoms with van der Waals surface area (Å²) in [6.45, 7) is 5.02. The highest BCUT2D eigenvalue weighted by atomic mass is 16.5. The number of ketones is 1. The number of esters is 1. The second kappa shape index (κ2) is 10.9. The average molecular weight is 410 g/mol. The molecule has 0 aliphatic carbocycles. The average Bonchev–Trinajstić information content (AvgIpc) is 2.69. The highest BCUT2D eigenvalue weighted by Gasteiger charge is 2.10. The van der Waals surface area contributed by atoms with Gasteiger partial charge in [-0.05, 0) is 74.7 Å². The van der Waals surface area contributed by atoms with Crippen molar-refractivity contribution in [1.29, 1.82) is 0 Å². The maximum Gasteiger partial charge on any atom is 0.306 e. The van der Waals surface area contributed by atoms with Gasteiger partial charge in [-0.25, -0.2) is 0 Å². The van der Waals surface area contributed by atoms with Crippen molar-refractivity contribution >= 4 is 34.9 Å². The first-order chi connectivity index (χ1) is 14.2. The van der Waals surface area contributed by atoms with E-state index >= 15 is 0 Å². The van der Waals surface area contributed by atoms with Gasteiger partial charge in [-0.3, -0.25) is 19.2 Å². The number of carbonyl (C=O) groups is 4. The Morgan fingerprint density at radius 1 is 0.800 bits per heavy atom. The molecule has 0 aromatic heterocycles. The minimum atomic E-state index is -0.538. The van der Waals surface area contributed by atoms with Gasteiger partial charge in [0.25, 0.3) is 5.91 Å². The quantitative estimate of drug-likeness (QED) is 0.484. The zero-order valence-electron chi connectivity index (χ0n) is 17.4. The van der Waals surface area contributed by atoms with Crippen molar-refractivity contribution in [3.8, 4) is 0 Å². The molecule has 30 heavy (non-hydrogen) atoms. The van der Waals surface area contributed by atoms with Gasteiger partial charge in [0.1, 0.15) is 0 Å². The van der Waals surface area contributed by atoms with Crippen molar-refractivity contribution in [2.45, 2.75) is 40.0 Å². The number of Topliss-reactive ketones (excluding diaryl/α,β-unsaturated/α-hetero) is 1. The van der Waals surface area contributed by atoms with Crippen molar-refractivity contribution in [1.82, 2.24) is 0 Å². The maximum absolute atomic E-state index is 11.9. The number of aryl methyl sites for hydroxylation is 2. The van der Waals surface area contributed by atoms with E-state index in [9.17, 15) is 19.2 Å². The zero-order valence-corrected chi connectivity index (χ0v) is 17.4. The van der Waals surface area contributed by atoms with Crippen LogP contribution in [0.2, 0.25) is 0 Å². The topological polar surface area (TPSA) is 102 Å². The molecule has 0 aliphatic rings. The van der Waals surface area contributed by atoms with E-state index in [0.29, 0.717) is 23.4 Å². The number of benzene rings is 2. The van der Waals surface area contributed by atoms with Crippen molar-refractivity contribution in [3.05, 3.63) is 59.2 Å². The summed E-state index contributed by atoms with van der Waals surface area (Å²) in [5, 5.41) is 5.38. The number of hydrogen-bond donors (Lipinski definition) is 2. The number of rotatable bonds is 9. The van der Waals surface area contributed by atoms with Gasteiger partial charge in [-0.15, -0.1) is 0 Å². The van der Waals surface area contributed by atoms with E-state index in [1.165, 1.54) is 6.92 Å². The number of anilines is 2. The molecule has 7 nitrogen and oxygen atoms in total. The SMILES string of the molecule is CC(=O)c1ccc(NC(=O)CCCC(=O)OCC(=O)Nc2ccc(C)c(C)c2)cc1. The number of carbonyl (C=O) groups excluding carboxylic acids is 4. The van der Waals surface area contributed by atoms with Crippen molar-refractivity contribution < 1.29 is 23.9 Å². The molecule has 158 valence electrons. The van der Waals surface area contributed by atoms with E-state index in [2.05, 4.69) is 10.6 Å². The van der Waals surface area contributed by atoms with Crippen LogP contribution in [-0.2, 0) is 19.1 Å². The first-order valence-corrected chi connectivity index (χ1v) is 9.68. The summed E-state index contributed by atoms with van der Waals surface area (Å²) in [6.07, 6.45) is 0.473. The van der Waals surface area contributed by atoms with Gasteiger partial charge in [0.05, 0.1) is 0 Å². The number of ether oxygens (including phenoxy) is 1. The smallest absolute Gasteiger partial charge is 0.306 e. The van der Waals surface area contributed by atoms with Crippen molar-refractivity contribution in [2.75, 3.05) is 17.2 Å². The van der Waals surface area contributed by atoms with Crippen LogP contribution in [0.3, 0.4) is 0 Å². The van der Waals surface area contributed by atoms with E-state index in [-0.39, 0.29) is 31.1 Å². The van der Waals surface area contributed by atoms with Crippen molar-refractivity contribution in [2.24, 2.45) is 0 Å². The highest BCUT2D eigenvalue weighted by Crippen LogP contribution is 2.14. The Hall–Kier alpha value is -3.48. The molecule has 2 N–H and O–H groups in total. The van der Waals surface area contributed by atoms with Crippen LogP contribution in [0.1, 0.15) is 47.7 Å². The maximum atomic E-state index is 11.9. The fourth-order valence-corrected chi connectivity index (χ4v) is 2.64. The van der Waals surface area contributed by atoms with Gasteiger partial charge in [0.2, 0.25) is 5.91 Å². The summed E-state index contributed by atoms with van der Waals surface area (Å²) in [7, 11) is 0. The Morgan fingerprint density at radius 3 is 2.07 bits per heavy atom. The zero-order chi connectivity index (χ0) is 22.1. The van der Waals surface area contributed by atoms with E-state index in [1.807, 2.05) is 26.0 Å². The monoisotopic (exact) mass is 410 g/mol. The Bertz CT molecular complexity index is 935. The van der Waals surface area contributed by atoms with Gasteiger partial charge in [-0.2, -0.15) is 0 Å². The van der Waals surface area contributed by atoms with Crippen LogP contribution >= 0.6 is 0 Å². The predicted molar refractivity (Wildman–Crippen MR) is 114 cm³/mol. The molecule has 2 rings (SSSR count). The first-order valence-electron chi connectivity index (χ1n) is 9.68. The van der Waals surface area contributed by atoms with Crippen molar-refractivity contribution in [3.63, 3.8) is 0 Å². The Morgan fingerprint density at radius 2 is 1.43 bits per heavy atom. The largest absolute Gasteiger partial charge is 0.456 e. The van der Waals surface area contributed by atoms with Crippen LogP contribution in [0.4, 0.5) is 11.4 Å².